The first-order valence-corrected chi connectivity index (χ1v) is 5.88. The number of rotatable bonds is 5. The highest BCUT2D eigenvalue weighted by atomic mass is 19.4. The van der Waals surface area contributed by atoms with Gasteiger partial charge in [0.1, 0.15) is 6.54 Å². The standard InChI is InChI=1S/C13H16F3NO2/c1-3-8-17(9-12(18)19-2)11-7-5-4-6-10(11)13(14,15)16/h4-7H,3,8-9H2,1-2H3. The van der Waals surface area contributed by atoms with E-state index in [1.165, 1.54) is 30.2 Å². The summed E-state index contributed by atoms with van der Waals surface area (Å²) in [7, 11) is 1.21. The molecule has 0 aliphatic carbocycles. The summed E-state index contributed by atoms with van der Waals surface area (Å²) in [5.74, 6) is -0.564. The van der Waals surface area contributed by atoms with Crippen LogP contribution in [0, 0.1) is 0 Å². The van der Waals surface area contributed by atoms with Crippen molar-refractivity contribution in [2.75, 3.05) is 25.1 Å². The molecule has 0 unspecified atom stereocenters. The van der Waals surface area contributed by atoms with Crippen LogP contribution in [0.15, 0.2) is 24.3 Å². The van der Waals surface area contributed by atoms with Gasteiger partial charge in [0.25, 0.3) is 0 Å². The van der Waals surface area contributed by atoms with Crippen molar-refractivity contribution in [1.82, 2.24) is 0 Å². The number of anilines is 1. The van der Waals surface area contributed by atoms with Crippen LogP contribution in [0.1, 0.15) is 18.9 Å². The number of ether oxygens (including phenoxy) is 1. The normalized spacial score (nSPS) is 11.2. The van der Waals surface area contributed by atoms with Crippen molar-refractivity contribution in [1.29, 1.82) is 0 Å². The topological polar surface area (TPSA) is 29.5 Å². The van der Waals surface area contributed by atoms with Gasteiger partial charge in [0.2, 0.25) is 0 Å². The van der Waals surface area contributed by atoms with Gasteiger partial charge in [-0.2, -0.15) is 13.2 Å². The first-order chi connectivity index (χ1) is 8.90. The summed E-state index contributed by atoms with van der Waals surface area (Å²) in [5.41, 5.74) is -0.741. The quantitative estimate of drug-likeness (QED) is 0.773. The second-order valence-electron chi connectivity index (χ2n) is 4.01. The molecule has 1 aromatic rings. The molecule has 0 radical (unpaired) electrons. The fourth-order valence-electron chi connectivity index (χ4n) is 1.76. The third-order valence-corrected chi connectivity index (χ3v) is 2.59. The number of esters is 1. The number of carbonyl (C=O) groups is 1. The van der Waals surface area contributed by atoms with Crippen molar-refractivity contribution in [3.63, 3.8) is 0 Å². The molecule has 19 heavy (non-hydrogen) atoms. The third-order valence-electron chi connectivity index (χ3n) is 2.59. The summed E-state index contributed by atoms with van der Waals surface area (Å²) in [6.07, 6.45) is -3.82. The maximum absolute atomic E-state index is 12.9. The van der Waals surface area contributed by atoms with E-state index in [0.717, 1.165) is 6.07 Å². The minimum atomic E-state index is -4.45. The predicted octanol–water partition coefficient (Wildman–Crippen LogP) is 3.09. The van der Waals surface area contributed by atoms with Crippen LogP contribution in [0.5, 0.6) is 0 Å². The fraction of sp³-hybridized carbons (Fsp3) is 0.462. The average molecular weight is 275 g/mol. The lowest BCUT2D eigenvalue weighted by molar-refractivity contribution is -0.140. The summed E-state index contributed by atoms with van der Waals surface area (Å²) in [4.78, 5) is 12.7. The lowest BCUT2D eigenvalue weighted by atomic mass is 10.1. The minimum absolute atomic E-state index is 0.00208. The first kappa shape index (κ1) is 15.3. The zero-order valence-electron chi connectivity index (χ0n) is 10.8. The van der Waals surface area contributed by atoms with E-state index in [-0.39, 0.29) is 12.2 Å². The molecular formula is C13H16F3NO2. The summed E-state index contributed by atoms with van der Waals surface area (Å²) < 4.78 is 43.3. The van der Waals surface area contributed by atoms with Crippen molar-refractivity contribution < 1.29 is 22.7 Å². The molecule has 0 spiro atoms. The molecule has 0 saturated carbocycles. The lowest BCUT2D eigenvalue weighted by Gasteiger charge is -2.26. The summed E-state index contributed by atoms with van der Waals surface area (Å²) >= 11 is 0. The Kier molecular flexibility index (Phi) is 5.20. The Hall–Kier alpha value is -1.72. The molecule has 0 aromatic heterocycles. The largest absolute Gasteiger partial charge is 0.468 e. The molecule has 106 valence electrons. The number of hydrogen-bond acceptors (Lipinski definition) is 3. The Labute approximate surface area is 110 Å². The van der Waals surface area contributed by atoms with E-state index in [2.05, 4.69) is 4.74 Å². The van der Waals surface area contributed by atoms with Crippen LogP contribution in [0.3, 0.4) is 0 Å². The third kappa shape index (κ3) is 4.15. The number of methoxy groups -OCH3 is 1. The van der Waals surface area contributed by atoms with E-state index in [1.807, 2.05) is 6.92 Å². The van der Waals surface area contributed by atoms with E-state index in [9.17, 15) is 18.0 Å². The number of halogens is 3. The van der Waals surface area contributed by atoms with E-state index in [1.54, 1.807) is 0 Å². The monoisotopic (exact) mass is 275 g/mol. The van der Waals surface area contributed by atoms with Gasteiger partial charge < -0.3 is 9.64 Å². The molecular weight excluding hydrogens is 259 g/mol. The van der Waals surface area contributed by atoms with Crippen molar-refractivity contribution in [3.05, 3.63) is 29.8 Å². The molecule has 0 aliphatic heterocycles. The molecule has 0 heterocycles. The number of nitrogens with zero attached hydrogens (tertiary/aromatic N) is 1. The van der Waals surface area contributed by atoms with Gasteiger partial charge >= 0.3 is 12.1 Å². The van der Waals surface area contributed by atoms with Crippen LogP contribution in [0.25, 0.3) is 0 Å². The second-order valence-corrected chi connectivity index (χ2v) is 4.01. The van der Waals surface area contributed by atoms with Gasteiger partial charge in [-0.1, -0.05) is 19.1 Å². The van der Waals surface area contributed by atoms with E-state index >= 15 is 0 Å². The predicted molar refractivity (Wildman–Crippen MR) is 66.0 cm³/mol. The summed E-state index contributed by atoms with van der Waals surface area (Å²) in [6, 6.07) is 5.22. The van der Waals surface area contributed by atoms with Crippen LogP contribution in [-0.4, -0.2) is 26.2 Å². The van der Waals surface area contributed by atoms with E-state index < -0.39 is 17.7 Å². The summed E-state index contributed by atoms with van der Waals surface area (Å²) in [6.45, 7) is 1.99. The number of carbonyl (C=O) groups excluding carboxylic acids is 1. The Bertz CT molecular complexity index is 432. The highest BCUT2D eigenvalue weighted by molar-refractivity contribution is 5.76. The van der Waals surface area contributed by atoms with Gasteiger partial charge in [-0.05, 0) is 18.6 Å². The van der Waals surface area contributed by atoms with Gasteiger partial charge in [-0.15, -0.1) is 0 Å². The number of benzene rings is 1. The van der Waals surface area contributed by atoms with Gasteiger partial charge in [-0.3, -0.25) is 4.79 Å². The molecule has 0 fully saturated rings. The molecule has 0 bridgehead atoms. The fourth-order valence-corrected chi connectivity index (χ4v) is 1.76. The Morgan fingerprint density at radius 3 is 2.47 bits per heavy atom. The molecule has 0 N–H and O–H groups in total. The number of hydrogen-bond donors (Lipinski definition) is 0. The summed E-state index contributed by atoms with van der Waals surface area (Å²) in [5, 5.41) is 0. The smallest absolute Gasteiger partial charge is 0.418 e. The second kappa shape index (κ2) is 6.45. The van der Waals surface area contributed by atoms with Crippen molar-refractivity contribution in [2.24, 2.45) is 0 Å². The van der Waals surface area contributed by atoms with Gasteiger partial charge in [0.15, 0.2) is 0 Å². The van der Waals surface area contributed by atoms with Crippen molar-refractivity contribution >= 4 is 11.7 Å². The van der Waals surface area contributed by atoms with Crippen LogP contribution < -0.4 is 4.90 Å². The van der Waals surface area contributed by atoms with Crippen molar-refractivity contribution in [2.45, 2.75) is 19.5 Å². The molecule has 3 nitrogen and oxygen atoms in total. The Morgan fingerprint density at radius 1 is 1.32 bits per heavy atom. The van der Waals surface area contributed by atoms with Gasteiger partial charge in [0, 0.05) is 12.2 Å². The Morgan fingerprint density at radius 2 is 1.95 bits per heavy atom. The van der Waals surface area contributed by atoms with Crippen LogP contribution in [-0.2, 0) is 15.7 Å². The Balaban J connectivity index is 3.12. The van der Waals surface area contributed by atoms with Gasteiger partial charge in [0.05, 0.1) is 12.7 Å². The van der Waals surface area contributed by atoms with Crippen LogP contribution >= 0.6 is 0 Å². The molecule has 0 saturated heterocycles. The number of alkyl halides is 3. The molecule has 1 rings (SSSR count). The lowest BCUT2D eigenvalue weighted by Crippen LogP contribution is -2.32. The average Bonchev–Trinajstić information content (AvgIpc) is 2.37. The minimum Gasteiger partial charge on any atom is -0.468 e. The number of para-hydroxylation sites is 1. The molecule has 0 amide bonds. The molecule has 0 atom stereocenters. The highest BCUT2D eigenvalue weighted by Crippen LogP contribution is 2.36. The first-order valence-electron chi connectivity index (χ1n) is 5.88. The molecule has 1 aromatic carbocycles. The maximum atomic E-state index is 12.9. The van der Waals surface area contributed by atoms with Crippen LogP contribution in [0.4, 0.5) is 18.9 Å². The van der Waals surface area contributed by atoms with Gasteiger partial charge in [-0.25, -0.2) is 0 Å². The van der Waals surface area contributed by atoms with E-state index in [4.69, 9.17) is 0 Å². The molecule has 6 heteroatoms. The van der Waals surface area contributed by atoms with Crippen molar-refractivity contribution in [3.8, 4) is 0 Å². The highest BCUT2D eigenvalue weighted by Gasteiger charge is 2.34. The SMILES string of the molecule is CCCN(CC(=O)OC)c1ccccc1C(F)(F)F. The maximum Gasteiger partial charge on any atom is 0.418 e. The zero-order valence-corrected chi connectivity index (χ0v) is 10.8. The van der Waals surface area contributed by atoms with E-state index in [0.29, 0.717) is 13.0 Å². The molecule has 0 aliphatic rings. The van der Waals surface area contributed by atoms with Crippen LogP contribution in [0.2, 0.25) is 0 Å². The zero-order chi connectivity index (χ0) is 14.5.